The summed E-state index contributed by atoms with van der Waals surface area (Å²) in [5.41, 5.74) is 6.21. The molecular formula is C15H22N4O3. The molecule has 3 heterocycles. The number of primary amides is 1. The van der Waals surface area contributed by atoms with Crippen molar-refractivity contribution in [3.8, 4) is 0 Å². The summed E-state index contributed by atoms with van der Waals surface area (Å²) in [6.07, 6.45) is 2.11. The van der Waals surface area contributed by atoms with Gasteiger partial charge < -0.3 is 15.2 Å². The number of aromatic nitrogens is 1. The van der Waals surface area contributed by atoms with Crippen molar-refractivity contribution in [1.82, 2.24) is 15.0 Å². The van der Waals surface area contributed by atoms with E-state index < -0.39 is 0 Å². The van der Waals surface area contributed by atoms with Gasteiger partial charge in [0, 0.05) is 38.2 Å². The molecule has 2 N–H and O–H groups in total. The lowest BCUT2D eigenvalue weighted by atomic mass is 10.0. The number of aryl methyl sites for hydroxylation is 1. The molecule has 2 fully saturated rings. The Hall–Kier alpha value is -1.89. The normalized spacial score (nSPS) is 24.1. The van der Waals surface area contributed by atoms with Gasteiger partial charge in [-0.15, -0.1) is 0 Å². The number of nitrogens with two attached hydrogens (primary N) is 1. The first-order chi connectivity index (χ1) is 10.5. The van der Waals surface area contributed by atoms with Crippen molar-refractivity contribution in [3.05, 3.63) is 17.5 Å². The fraction of sp³-hybridized carbons (Fsp3) is 0.667. The quantitative estimate of drug-likeness (QED) is 0.862. The first-order valence-corrected chi connectivity index (χ1v) is 7.76. The van der Waals surface area contributed by atoms with E-state index in [2.05, 4.69) is 10.1 Å². The van der Waals surface area contributed by atoms with Gasteiger partial charge >= 0.3 is 0 Å². The predicted molar refractivity (Wildman–Crippen MR) is 78.6 cm³/mol. The van der Waals surface area contributed by atoms with E-state index in [0.29, 0.717) is 6.54 Å². The van der Waals surface area contributed by atoms with Gasteiger partial charge in [-0.1, -0.05) is 5.16 Å². The van der Waals surface area contributed by atoms with Gasteiger partial charge in [-0.3, -0.25) is 14.5 Å². The maximum atomic E-state index is 12.0. The maximum Gasteiger partial charge on any atom is 0.223 e. The number of hydrogen-bond donors (Lipinski definition) is 1. The Morgan fingerprint density at radius 2 is 2.18 bits per heavy atom. The molecule has 0 saturated carbocycles. The van der Waals surface area contributed by atoms with Crippen molar-refractivity contribution >= 4 is 11.8 Å². The Morgan fingerprint density at radius 1 is 1.45 bits per heavy atom. The summed E-state index contributed by atoms with van der Waals surface area (Å²) >= 11 is 0. The highest BCUT2D eigenvalue weighted by molar-refractivity contribution is 5.88. The molecule has 2 aliphatic rings. The van der Waals surface area contributed by atoms with Gasteiger partial charge in [0.1, 0.15) is 0 Å². The van der Waals surface area contributed by atoms with E-state index in [1.807, 2.05) is 17.9 Å². The minimum atomic E-state index is -0.367. The van der Waals surface area contributed by atoms with E-state index in [-0.39, 0.29) is 30.2 Å². The monoisotopic (exact) mass is 306 g/mol. The molecule has 22 heavy (non-hydrogen) atoms. The fourth-order valence-corrected chi connectivity index (χ4v) is 3.38. The van der Waals surface area contributed by atoms with Gasteiger partial charge in [0.2, 0.25) is 11.8 Å². The van der Waals surface area contributed by atoms with Gasteiger partial charge in [0.15, 0.2) is 5.76 Å². The molecule has 2 saturated heterocycles. The van der Waals surface area contributed by atoms with Gasteiger partial charge in [0.25, 0.3) is 0 Å². The van der Waals surface area contributed by atoms with Crippen LogP contribution in [0.5, 0.6) is 0 Å². The molecule has 7 nitrogen and oxygen atoms in total. The van der Waals surface area contributed by atoms with Crippen LogP contribution in [0.3, 0.4) is 0 Å². The van der Waals surface area contributed by atoms with Crippen LogP contribution < -0.4 is 5.73 Å². The van der Waals surface area contributed by atoms with E-state index in [1.54, 1.807) is 0 Å². The number of carbonyl (C=O) groups is 2. The van der Waals surface area contributed by atoms with Crippen molar-refractivity contribution in [3.63, 3.8) is 0 Å². The van der Waals surface area contributed by atoms with E-state index in [0.717, 1.165) is 43.9 Å². The molecule has 0 aromatic carbocycles. The van der Waals surface area contributed by atoms with Crippen LogP contribution in [0.15, 0.2) is 10.6 Å². The smallest absolute Gasteiger partial charge is 0.223 e. The average Bonchev–Trinajstić information content (AvgIpc) is 3.06. The van der Waals surface area contributed by atoms with E-state index in [1.165, 1.54) is 0 Å². The molecule has 0 spiro atoms. The molecule has 2 amide bonds. The summed E-state index contributed by atoms with van der Waals surface area (Å²) in [4.78, 5) is 27.5. The Balaban J connectivity index is 1.51. The summed E-state index contributed by atoms with van der Waals surface area (Å²) < 4.78 is 5.24. The van der Waals surface area contributed by atoms with E-state index in [9.17, 15) is 9.59 Å². The van der Waals surface area contributed by atoms with E-state index >= 15 is 0 Å². The predicted octanol–water partition coefficient (Wildman–Crippen LogP) is 0.281. The number of carbonyl (C=O) groups excluding carboxylic acids is 2. The van der Waals surface area contributed by atoms with Crippen LogP contribution in [-0.4, -0.2) is 52.4 Å². The molecule has 3 rings (SSSR count). The number of piperidine rings is 1. The van der Waals surface area contributed by atoms with Crippen LogP contribution in [-0.2, 0) is 16.1 Å². The second-order valence-corrected chi connectivity index (χ2v) is 6.29. The zero-order chi connectivity index (χ0) is 15.7. The second kappa shape index (κ2) is 6.08. The topological polar surface area (TPSA) is 92.7 Å². The van der Waals surface area contributed by atoms with E-state index in [4.69, 9.17) is 10.3 Å². The van der Waals surface area contributed by atoms with Crippen LogP contribution in [0, 0.1) is 12.8 Å². The van der Waals surface area contributed by atoms with Crippen LogP contribution in [0.4, 0.5) is 0 Å². The van der Waals surface area contributed by atoms with Crippen molar-refractivity contribution < 1.29 is 14.1 Å². The molecule has 0 bridgehead atoms. The van der Waals surface area contributed by atoms with Gasteiger partial charge in [-0.05, 0) is 19.8 Å². The lowest BCUT2D eigenvalue weighted by Crippen LogP contribution is -2.45. The summed E-state index contributed by atoms with van der Waals surface area (Å²) in [5, 5.41) is 3.90. The molecule has 120 valence electrons. The first-order valence-electron chi connectivity index (χ1n) is 7.76. The maximum absolute atomic E-state index is 12.0. The Kier molecular flexibility index (Phi) is 4.15. The van der Waals surface area contributed by atoms with Crippen LogP contribution in [0.1, 0.15) is 30.7 Å². The minimum Gasteiger partial charge on any atom is -0.369 e. The zero-order valence-electron chi connectivity index (χ0n) is 12.8. The summed E-state index contributed by atoms with van der Waals surface area (Å²) in [5.74, 6) is 0.256. The number of rotatable bonds is 4. The summed E-state index contributed by atoms with van der Waals surface area (Å²) in [6.45, 7) is 4.98. The molecule has 0 aliphatic carbocycles. The molecule has 1 unspecified atom stereocenters. The van der Waals surface area contributed by atoms with Crippen molar-refractivity contribution in [2.75, 3.05) is 19.6 Å². The Labute approximate surface area is 129 Å². The third-order valence-corrected chi connectivity index (χ3v) is 4.61. The molecule has 1 atom stereocenters. The Bertz CT molecular complexity index is 563. The summed E-state index contributed by atoms with van der Waals surface area (Å²) in [7, 11) is 0. The highest BCUT2D eigenvalue weighted by Crippen LogP contribution is 2.26. The van der Waals surface area contributed by atoms with Crippen LogP contribution >= 0.6 is 0 Å². The van der Waals surface area contributed by atoms with Crippen LogP contribution in [0.25, 0.3) is 0 Å². The molecular weight excluding hydrogens is 284 g/mol. The number of hydrogen-bond acceptors (Lipinski definition) is 5. The SMILES string of the molecule is Cc1cc(CN2CCC(N3CC(C(N)=O)CC3=O)CC2)on1. The second-order valence-electron chi connectivity index (χ2n) is 6.29. The molecule has 7 heteroatoms. The zero-order valence-corrected chi connectivity index (χ0v) is 12.8. The average molecular weight is 306 g/mol. The van der Waals surface area contributed by atoms with Crippen LogP contribution in [0.2, 0.25) is 0 Å². The van der Waals surface area contributed by atoms with Gasteiger partial charge in [0.05, 0.1) is 18.2 Å². The molecule has 2 aliphatic heterocycles. The number of likely N-dealkylation sites (tertiary alicyclic amines) is 2. The number of amides is 2. The fourth-order valence-electron chi connectivity index (χ4n) is 3.38. The van der Waals surface area contributed by atoms with Crippen molar-refractivity contribution in [2.24, 2.45) is 11.7 Å². The summed E-state index contributed by atoms with van der Waals surface area (Å²) in [6, 6.07) is 2.18. The third kappa shape index (κ3) is 3.14. The van der Waals surface area contributed by atoms with Crippen molar-refractivity contribution in [1.29, 1.82) is 0 Å². The minimum absolute atomic E-state index is 0.0631. The number of nitrogens with zero attached hydrogens (tertiary/aromatic N) is 3. The highest BCUT2D eigenvalue weighted by Gasteiger charge is 2.38. The molecule has 1 aromatic heterocycles. The largest absolute Gasteiger partial charge is 0.369 e. The molecule has 0 radical (unpaired) electrons. The van der Waals surface area contributed by atoms with Gasteiger partial charge in [-0.2, -0.15) is 0 Å². The third-order valence-electron chi connectivity index (χ3n) is 4.61. The lowest BCUT2D eigenvalue weighted by Gasteiger charge is -2.36. The standard InChI is InChI=1S/C15H22N4O3/c1-10-6-13(22-17-10)9-18-4-2-12(3-5-18)19-8-11(15(16)21)7-14(19)20/h6,11-12H,2-5,7-9H2,1H3,(H2,16,21). The van der Waals surface area contributed by atoms with Crippen molar-refractivity contribution in [2.45, 2.75) is 38.8 Å². The molecule has 1 aromatic rings. The highest BCUT2D eigenvalue weighted by atomic mass is 16.5. The first kappa shape index (κ1) is 15.0. The van der Waals surface area contributed by atoms with Gasteiger partial charge in [-0.25, -0.2) is 0 Å². The Morgan fingerprint density at radius 3 is 2.73 bits per heavy atom. The lowest BCUT2D eigenvalue weighted by molar-refractivity contribution is -0.130.